The number of aryl methyl sites for hydroxylation is 4. The highest BCUT2D eigenvalue weighted by atomic mass is 35.5. The zero-order chi connectivity index (χ0) is 24.8. The van der Waals surface area contributed by atoms with Crippen molar-refractivity contribution in [3.05, 3.63) is 92.5 Å². The maximum absolute atomic E-state index is 12.7. The van der Waals surface area contributed by atoms with Crippen molar-refractivity contribution in [3.8, 4) is 17.6 Å². The van der Waals surface area contributed by atoms with Crippen LogP contribution in [0, 0.1) is 39.0 Å². The Balaban J connectivity index is 1.83. The average molecular weight is 475 g/mol. The first-order chi connectivity index (χ1) is 16.2. The molecule has 1 amide bonds. The highest BCUT2D eigenvalue weighted by Crippen LogP contribution is 2.37. The maximum atomic E-state index is 12.7. The van der Waals surface area contributed by atoms with Gasteiger partial charge in [0.15, 0.2) is 11.5 Å². The lowest BCUT2D eigenvalue weighted by Gasteiger charge is -2.14. The average Bonchev–Trinajstić information content (AvgIpc) is 2.80. The predicted molar refractivity (Wildman–Crippen MR) is 136 cm³/mol. The van der Waals surface area contributed by atoms with Gasteiger partial charge >= 0.3 is 0 Å². The van der Waals surface area contributed by atoms with Crippen LogP contribution in [0.2, 0.25) is 5.02 Å². The lowest BCUT2D eigenvalue weighted by atomic mass is 10.1. The molecule has 0 aliphatic rings. The second kappa shape index (κ2) is 10.9. The highest BCUT2D eigenvalue weighted by Gasteiger charge is 2.15. The number of anilines is 1. The van der Waals surface area contributed by atoms with Gasteiger partial charge in [0.1, 0.15) is 18.2 Å². The molecule has 3 aromatic carbocycles. The summed E-state index contributed by atoms with van der Waals surface area (Å²) in [5, 5.41) is 12.7. The third kappa shape index (κ3) is 5.98. The van der Waals surface area contributed by atoms with E-state index in [4.69, 9.17) is 21.1 Å². The molecule has 0 aromatic heterocycles. The number of carbonyl (C=O) groups is 1. The van der Waals surface area contributed by atoms with E-state index < -0.39 is 5.91 Å². The van der Waals surface area contributed by atoms with Crippen molar-refractivity contribution in [1.29, 1.82) is 5.26 Å². The van der Waals surface area contributed by atoms with Gasteiger partial charge in [-0.2, -0.15) is 5.26 Å². The molecule has 174 valence electrons. The Morgan fingerprint density at radius 3 is 2.44 bits per heavy atom. The van der Waals surface area contributed by atoms with E-state index in [0.29, 0.717) is 34.4 Å². The monoisotopic (exact) mass is 474 g/mol. The molecule has 0 bridgehead atoms. The Bertz CT molecular complexity index is 1310. The van der Waals surface area contributed by atoms with Gasteiger partial charge in [0.25, 0.3) is 5.91 Å². The molecule has 0 atom stereocenters. The SMILES string of the molecule is COc1cc(/C=C(\C#N)C(=O)Nc2cc(C)ccc2C)cc(Cl)c1OCc1ccc(C)c(C)c1. The third-order valence-corrected chi connectivity index (χ3v) is 5.80. The molecule has 0 fully saturated rings. The Labute approximate surface area is 205 Å². The molecule has 0 aliphatic carbocycles. The number of rotatable bonds is 7. The molecule has 3 aromatic rings. The Morgan fingerprint density at radius 1 is 1.03 bits per heavy atom. The molecule has 0 saturated heterocycles. The van der Waals surface area contributed by atoms with Crippen LogP contribution in [0.1, 0.15) is 33.4 Å². The first kappa shape index (κ1) is 24.9. The van der Waals surface area contributed by atoms with Gasteiger partial charge in [-0.1, -0.05) is 41.9 Å². The highest BCUT2D eigenvalue weighted by molar-refractivity contribution is 6.32. The number of hydrogen-bond acceptors (Lipinski definition) is 4. The number of nitriles is 1. The van der Waals surface area contributed by atoms with E-state index in [1.807, 2.05) is 50.2 Å². The van der Waals surface area contributed by atoms with Crippen LogP contribution >= 0.6 is 11.6 Å². The second-order valence-electron chi connectivity index (χ2n) is 8.18. The minimum Gasteiger partial charge on any atom is -0.493 e. The molecule has 0 saturated carbocycles. The van der Waals surface area contributed by atoms with Gasteiger partial charge in [0.05, 0.1) is 12.1 Å². The summed E-state index contributed by atoms with van der Waals surface area (Å²) in [7, 11) is 1.51. The molecule has 3 rings (SSSR count). The van der Waals surface area contributed by atoms with E-state index in [1.165, 1.54) is 24.3 Å². The number of amides is 1. The van der Waals surface area contributed by atoms with Crippen LogP contribution in [-0.4, -0.2) is 13.0 Å². The second-order valence-corrected chi connectivity index (χ2v) is 8.59. The van der Waals surface area contributed by atoms with Crippen LogP contribution in [0.4, 0.5) is 5.69 Å². The van der Waals surface area contributed by atoms with Crippen LogP contribution in [-0.2, 0) is 11.4 Å². The molecule has 0 unspecified atom stereocenters. The third-order valence-electron chi connectivity index (χ3n) is 5.52. The number of hydrogen-bond donors (Lipinski definition) is 1. The van der Waals surface area contributed by atoms with E-state index >= 15 is 0 Å². The predicted octanol–water partition coefficient (Wildman–Crippen LogP) is 6.71. The van der Waals surface area contributed by atoms with Crippen molar-refractivity contribution in [2.24, 2.45) is 0 Å². The fourth-order valence-corrected chi connectivity index (χ4v) is 3.66. The summed E-state index contributed by atoms with van der Waals surface area (Å²) in [5.41, 5.74) is 6.49. The molecule has 1 N–H and O–H groups in total. The largest absolute Gasteiger partial charge is 0.493 e. The number of carbonyl (C=O) groups excluding carboxylic acids is 1. The number of nitrogens with one attached hydrogen (secondary N) is 1. The minimum atomic E-state index is -0.499. The molecular formula is C28H27ClN2O3. The van der Waals surface area contributed by atoms with Crippen molar-refractivity contribution in [1.82, 2.24) is 0 Å². The molecule has 6 heteroatoms. The molecule has 0 spiro atoms. The molecule has 0 aliphatic heterocycles. The van der Waals surface area contributed by atoms with E-state index in [9.17, 15) is 10.1 Å². The zero-order valence-electron chi connectivity index (χ0n) is 20.0. The number of benzene rings is 3. The summed E-state index contributed by atoms with van der Waals surface area (Å²) >= 11 is 6.49. The smallest absolute Gasteiger partial charge is 0.266 e. The zero-order valence-corrected chi connectivity index (χ0v) is 20.7. The first-order valence-corrected chi connectivity index (χ1v) is 11.2. The maximum Gasteiger partial charge on any atom is 0.266 e. The van der Waals surface area contributed by atoms with Gasteiger partial charge in [-0.3, -0.25) is 4.79 Å². The number of halogens is 1. The van der Waals surface area contributed by atoms with Crippen LogP contribution in [0.5, 0.6) is 11.5 Å². The Hall–Kier alpha value is -3.75. The number of ether oxygens (including phenoxy) is 2. The molecule has 5 nitrogen and oxygen atoms in total. The normalized spacial score (nSPS) is 11.0. The van der Waals surface area contributed by atoms with E-state index in [1.54, 1.807) is 12.1 Å². The fraction of sp³-hybridized carbons (Fsp3) is 0.214. The summed E-state index contributed by atoms with van der Waals surface area (Å²) < 4.78 is 11.4. The molecule has 0 heterocycles. The number of methoxy groups -OCH3 is 1. The van der Waals surface area contributed by atoms with Crippen molar-refractivity contribution < 1.29 is 14.3 Å². The lowest BCUT2D eigenvalue weighted by Crippen LogP contribution is -2.14. The minimum absolute atomic E-state index is 0.0529. The Morgan fingerprint density at radius 2 is 1.76 bits per heavy atom. The first-order valence-electron chi connectivity index (χ1n) is 10.8. The van der Waals surface area contributed by atoms with Gasteiger partial charge in [-0.05, 0) is 85.4 Å². The van der Waals surface area contributed by atoms with Gasteiger partial charge in [-0.25, -0.2) is 0 Å². The summed E-state index contributed by atoms with van der Waals surface area (Å²) in [5.74, 6) is 0.314. The van der Waals surface area contributed by atoms with Crippen molar-refractivity contribution in [2.75, 3.05) is 12.4 Å². The summed E-state index contributed by atoms with van der Waals surface area (Å²) in [6.07, 6.45) is 1.47. The van der Waals surface area contributed by atoms with E-state index in [0.717, 1.165) is 16.7 Å². The standard InChI is InChI=1S/C28H27ClN2O3/c1-17-6-7-19(3)25(10-17)31-28(32)23(15-30)12-22-13-24(29)27(26(14-22)33-5)34-16-21-9-8-18(2)20(4)11-21/h6-14H,16H2,1-5H3,(H,31,32)/b23-12+. The van der Waals surface area contributed by atoms with Crippen LogP contribution in [0.15, 0.2) is 54.1 Å². The summed E-state index contributed by atoms with van der Waals surface area (Å²) in [6, 6.07) is 17.2. The molecular weight excluding hydrogens is 448 g/mol. The van der Waals surface area contributed by atoms with E-state index in [-0.39, 0.29) is 5.57 Å². The van der Waals surface area contributed by atoms with Crippen LogP contribution < -0.4 is 14.8 Å². The van der Waals surface area contributed by atoms with Crippen LogP contribution in [0.3, 0.4) is 0 Å². The summed E-state index contributed by atoms with van der Waals surface area (Å²) in [6.45, 7) is 8.27. The van der Waals surface area contributed by atoms with Gasteiger partial charge < -0.3 is 14.8 Å². The molecule has 34 heavy (non-hydrogen) atoms. The summed E-state index contributed by atoms with van der Waals surface area (Å²) in [4.78, 5) is 12.7. The number of nitrogens with zero attached hydrogens (tertiary/aromatic N) is 1. The Kier molecular flexibility index (Phi) is 7.99. The van der Waals surface area contributed by atoms with Crippen molar-refractivity contribution in [2.45, 2.75) is 34.3 Å². The van der Waals surface area contributed by atoms with Gasteiger partial charge in [0.2, 0.25) is 0 Å². The van der Waals surface area contributed by atoms with Crippen molar-refractivity contribution in [3.63, 3.8) is 0 Å². The van der Waals surface area contributed by atoms with E-state index in [2.05, 4.69) is 25.2 Å². The van der Waals surface area contributed by atoms with Gasteiger partial charge in [0, 0.05) is 5.69 Å². The van der Waals surface area contributed by atoms with Crippen LogP contribution in [0.25, 0.3) is 6.08 Å². The van der Waals surface area contributed by atoms with Crippen molar-refractivity contribution >= 4 is 29.3 Å². The quantitative estimate of drug-likeness (QED) is 0.305. The van der Waals surface area contributed by atoms with Gasteiger partial charge in [-0.15, -0.1) is 0 Å². The lowest BCUT2D eigenvalue weighted by molar-refractivity contribution is -0.112. The molecule has 0 radical (unpaired) electrons. The topological polar surface area (TPSA) is 71.3 Å². The fourth-order valence-electron chi connectivity index (χ4n) is 3.39.